The number of rotatable bonds is 2. The molecule has 4 aromatic carbocycles. The number of hydrogen-bond acceptors (Lipinski definition) is 2. The molecule has 0 atom stereocenters. The van der Waals surface area contributed by atoms with Gasteiger partial charge in [-0.25, -0.2) is 0 Å². The van der Waals surface area contributed by atoms with E-state index in [1.54, 1.807) is 0 Å². The van der Waals surface area contributed by atoms with Crippen LogP contribution in [0.25, 0.3) is 32.7 Å². The zero-order chi connectivity index (χ0) is 20.2. The zero-order valence-corrected chi connectivity index (χ0v) is 18.3. The molecule has 0 aliphatic carbocycles. The third-order valence-corrected chi connectivity index (χ3v) is 7.21. The number of benzene rings is 4. The van der Waals surface area contributed by atoms with Gasteiger partial charge in [-0.3, -0.25) is 10.3 Å². The molecule has 0 spiro atoms. The highest BCUT2D eigenvalue weighted by Gasteiger charge is 2.32. The summed E-state index contributed by atoms with van der Waals surface area (Å²) >= 11 is 0. The topological polar surface area (TPSA) is 47.7 Å². The summed E-state index contributed by atoms with van der Waals surface area (Å²) in [5.74, 6) is 0. The summed E-state index contributed by atoms with van der Waals surface area (Å²) in [5.41, 5.74) is 5.12. The molecule has 0 aromatic heterocycles. The molecule has 5 rings (SSSR count). The van der Waals surface area contributed by atoms with Gasteiger partial charge in [-0.15, -0.1) is 0 Å². The first-order valence-corrected chi connectivity index (χ1v) is 11.5. The molecule has 3 nitrogen and oxygen atoms in total. The first-order chi connectivity index (χ1) is 14.0. The van der Waals surface area contributed by atoms with Gasteiger partial charge in [-0.1, -0.05) is 48.5 Å². The maximum absolute atomic E-state index is 8.22. The fraction of sp³-hybridized carbons (Fsp3) is 0.167. The highest BCUT2D eigenvalue weighted by atomic mass is 31.1. The second-order valence-electron chi connectivity index (χ2n) is 8.42. The first-order valence-electron chi connectivity index (χ1n) is 9.69. The predicted molar refractivity (Wildman–Crippen MR) is 125 cm³/mol. The van der Waals surface area contributed by atoms with E-state index in [1.165, 1.54) is 43.8 Å². The Morgan fingerprint density at radius 2 is 1.10 bits per heavy atom. The van der Waals surface area contributed by atoms with Crippen LogP contribution in [0, 0.1) is 10.3 Å². The van der Waals surface area contributed by atoms with Crippen molar-refractivity contribution in [1.29, 1.82) is 10.3 Å². The number of fused-ring (bicyclic) bond motifs is 7. The first kappa shape index (κ1) is 18.6. The van der Waals surface area contributed by atoms with E-state index in [0.29, 0.717) is 16.7 Å². The lowest BCUT2D eigenvalue weighted by molar-refractivity contribution is -0.916. The Hall–Kier alpha value is -2.44. The molecule has 29 heavy (non-hydrogen) atoms. The highest BCUT2D eigenvalue weighted by molar-refractivity contribution is 7.35. The van der Waals surface area contributed by atoms with Crippen LogP contribution < -0.4 is 10.6 Å². The maximum atomic E-state index is 8.22. The van der Waals surface area contributed by atoms with Crippen LogP contribution in [-0.4, -0.2) is 18.6 Å². The summed E-state index contributed by atoms with van der Waals surface area (Å²) in [5, 5.41) is 23.5. The predicted octanol–water partition coefficient (Wildman–Crippen LogP) is 6.42. The second kappa shape index (κ2) is 6.82. The number of nitrogens with one attached hydrogen (secondary N) is 2. The molecular weight excluding hydrogens is 392 g/mol. The van der Waals surface area contributed by atoms with Crippen LogP contribution in [0.4, 0.5) is 0 Å². The van der Waals surface area contributed by atoms with E-state index in [9.17, 15) is 0 Å². The summed E-state index contributed by atoms with van der Waals surface area (Å²) in [6.45, 7) is 1.78. The van der Waals surface area contributed by atoms with Crippen LogP contribution in [-0.2, 0) is 13.1 Å². The Bertz CT molecular complexity index is 1220. The van der Waals surface area contributed by atoms with E-state index in [-0.39, 0.29) is 0 Å². The van der Waals surface area contributed by atoms with E-state index in [2.05, 4.69) is 74.8 Å². The van der Waals surface area contributed by atoms with Gasteiger partial charge in [0.15, 0.2) is 0 Å². The number of nitrogens with zero attached hydrogens (tertiary/aromatic N) is 1. The van der Waals surface area contributed by atoms with Crippen LogP contribution in [0.2, 0.25) is 0 Å². The number of quaternary nitrogens is 1. The van der Waals surface area contributed by atoms with E-state index >= 15 is 0 Å². The lowest BCUT2D eigenvalue weighted by Gasteiger charge is -2.29. The van der Waals surface area contributed by atoms with Crippen molar-refractivity contribution in [3.8, 4) is 11.1 Å². The average Bonchev–Trinajstić information content (AvgIpc) is 2.85. The summed E-state index contributed by atoms with van der Waals surface area (Å²) in [4.78, 5) is 0. The van der Waals surface area contributed by atoms with E-state index in [4.69, 9.17) is 10.3 Å². The molecule has 4 aromatic rings. The minimum atomic E-state index is 0.559. The SMILES string of the molecule is C[N+]1(C)Cc2c(P=N)cc3ccccc3c2-c2c(c(P=N)cc3ccccc23)C1. The molecule has 1 aliphatic heterocycles. The molecule has 2 N–H and O–H groups in total. The fourth-order valence-corrected chi connectivity index (χ4v) is 5.80. The van der Waals surface area contributed by atoms with Crippen molar-refractivity contribution in [1.82, 2.24) is 0 Å². The summed E-state index contributed by atoms with van der Waals surface area (Å²) in [6.07, 6.45) is 0. The van der Waals surface area contributed by atoms with Gasteiger partial charge in [-0.05, 0) is 33.7 Å². The van der Waals surface area contributed by atoms with Gasteiger partial charge in [0.25, 0.3) is 0 Å². The number of hydrogen-bond donors (Lipinski definition) is 2. The van der Waals surface area contributed by atoms with Crippen molar-refractivity contribution in [3.63, 3.8) is 0 Å². The largest absolute Gasteiger partial charge is 0.321 e. The normalized spacial score (nSPS) is 15.4. The summed E-state index contributed by atoms with van der Waals surface area (Å²) in [6, 6.07) is 21.5. The monoisotopic (exact) mass is 414 g/mol. The fourth-order valence-electron chi connectivity index (χ4n) is 4.75. The Morgan fingerprint density at radius 1 is 0.690 bits per heavy atom. The lowest BCUT2D eigenvalue weighted by atomic mass is 9.88. The Morgan fingerprint density at radius 3 is 1.52 bits per heavy atom. The highest BCUT2D eigenvalue weighted by Crippen LogP contribution is 2.43. The zero-order valence-electron chi connectivity index (χ0n) is 16.5. The van der Waals surface area contributed by atoms with Gasteiger partial charge in [0, 0.05) is 49.6 Å². The summed E-state index contributed by atoms with van der Waals surface area (Å²) < 4.78 is 0.821. The minimum Gasteiger partial charge on any atom is -0.321 e. The van der Waals surface area contributed by atoms with Gasteiger partial charge >= 0.3 is 0 Å². The van der Waals surface area contributed by atoms with E-state index in [1.807, 2.05) is 0 Å². The molecule has 0 saturated carbocycles. The Balaban J connectivity index is 2.09. The van der Waals surface area contributed by atoms with Crippen molar-refractivity contribution >= 4 is 48.9 Å². The van der Waals surface area contributed by atoms with Gasteiger partial charge in [-0.2, -0.15) is 0 Å². The van der Waals surface area contributed by atoms with Gasteiger partial charge < -0.3 is 4.48 Å². The van der Waals surface area contributed by atoms with Crippen molar-refractivity contribution in [2.24, 2.45) is 0 Å². The van der Waals surface area contributed by atoms with Crippen molar-refractivity contribution < 1.29 is 4.48 Å². The quantitative estimate of drug-likeness (QED) is 0.281. The van der Waals surface area contributed by atoms with Crippen molar-refractivity contribution in [3.05, 3.63) is 71.8 Å². The molecule has 0 amide bonds. The smallest absolute Gasteiger partial charge is 0.106 e. The molecule has 0 radical (unpaired) electrons. The van der Waals surface area contributed by atoms with Gasteiger partial charge in [0.05, 0.1) is 14.1 Å². The van der Waals surface area contributed by atoms with Crippen molar-refractivity contribution in [2.75, 3.05) is 14.1 Å². The van der Waals surface area contributed by atoms with Gasteiger partial charge in [0.2, 0.25) is 0 Å². The van der Waals surface area contributed by atoms with Gasteiger partial charge in [0.1, 0.15) is 13.1 Å². The van der Waals surface area contributed by atoms with E-state index < -0.39 is 0 Å². The second-order valence-corrected chi connectivity index (χ2v) is 9.83. The molecule has 1 aliphatic rings. The molecule has 0 fully saturated rings. The lowest BCUT2D eigenvalue weighted by Crippen LogP contribution is -2.39. The van der Waals surface area contributed by atoms with Crippen molar-refractivity contribution in [2.45, 2.75) is 13.1 Å². The average molecular weight is 414 g/mol. The summed E-state index contributed by atoms with van der Waals surface area (Å²) in [7, 11) is 5.64. The van der Waals surface area contributed by atoms with Crippen LogP contribution in [0.3, 0.4) is 0 Å². The van der Waals surface area contributed by atoms with E-state index in [0.717, 1.165) is 28.2 Å². The Kier molecular flexibility index (Phi) is 4.37. The third-order valence-electron chi connectivity index (χ3n) is 5.93. The molecular formula is C24H22N3P2+. The van der Waals surface area contributed by atoms with Crippen LogP contribution in [0.15, 0.2) is 60.7 Å². The molecule has 0 bridgehead atoms. The maximum Gasteiger partial charge on any atom is 0.106 e. The molecule has 0 unspecified atom stereocenters. The molecule has 0 saturated heterocycles. The third kappa shape index (κ3) is 2.93. The molecule has 142 valence electrons. The van der Waals surface area contributed by atoms with Crippen LogP contribution in [0.5, 0.6) is 0 Å². The standard InChI is InChI=1S/C24H22N3P2/c1-27(2)13-19-21(28-25)11-15-7-3-5-9-17(15)23(19)24-18-10-6-4-8-16(18)12-22(29-26)20(24)14-27/h3-12,25-26H,13-14H2,1-2H3/q+1. The van der Waals surface area contributed by atoms with Crippen LogP contribution in [0.1, 0.15) is 11.1 Å². The Labute approximate surface area is 173 Å². The molecule has 5 heteroatoms. The molecule has 1 heterocycles. The minimum absolute atomic E-state index is 0.559. The van der Waals surface area contributed by atoms with Crippen LogP contribution >= 0.6 is 16.7 Å².